The van der Waals surface area contributed by atoms with E-state index in [2.05, 4.69) is 4.74 Å². The second-order valence-corrected chi connectivity index (χ2v) is 4.36. The van der Waals surface area contributed by atoms with Crippen LogP contribution >= 0.6 is 0 Å². The predicted octanol–water partition coefficient (Wildman–Crippen LogP) is 0.247. The normalized spacial score (nSPS) is 23.0. The zero-order chi connectivity index (χ0) is 15.4. The molecule has 1 saturated heterocycles. The van der Waals surface area contributed by atoms with Crippen molar-refractivity contribution in [3.63, 3.8) is 0 Å². The summed E-state index contributed by atoms with van der Waals surface area (Å²) in [5, 5.41) is 0. The quantitative estimate of drug-likeness (QED) is 0.417. The Hall–Kier alpha value is -2.18. The van der Waals surface area contributed by atoms with E-state index in [1.54, 1.807) is 20.8 Å². The standard InChI is InChI=1S/C13H17NO6/c1-5-20-13(18)9(6-10(15)19-4)14-11(16)7(2)8(3)12(14)17/h6-8H,5H2,1-4H3/b9-6-/t7-,8+. The van der Waals surface area contributed by atoms with Gasteiger partial charge in [-0.15, -0.1) is 0 Å². The van der Waals surface area contributed by atoms with Crippen molar-refractivity contribution >= 4 is 23.8 Å². The third kappa shape index (κ3) is 2.87. The Morgan fingerprint density at radius 2 is 1.70 bits per heavy atom. The molecule has 20 heavy (non-hydrogen) atoms. The number of ether oxygens (including phenoxy) is 2. The van der Waals surface area contributed by atoms with Crippen molar-refractivity contribution in [2.45, 2.75) is 20.8 Å². The van der Waals surface area contributed by atoms with Crippen LogP contribution in [-0.2, 0) is 28.7 Å². The second-order valence-electron chi connectivity index (χ2n) is 4.36. The summed E-state index contributed by atoms with van der Waals surface area (Å²) >= 11 is 0. The van der Waals surface area contributed by atoms with Crippen LogP contribution in [0.3, 0.4) is 0 Å². The smallest absolute Gasteiger partial charge is 0.355 e. The Morgan fingerprint density at radius 1 is 1.20 bits per heavy atom. The maximum atomic E-state index is 12.1. The van der Waals surface area contributed by atoms with Gasteiger partial charge in [0.05, 0.1) is 19.8 Å². The van der Waals surface area contributed by atoms with Gasteiger partial charge in [-0.25, -0.2) is 14.5 Å². The number of carbonyl (C=O) groups excluding carboxylic acids is 4. The molecule has 1 heterocycles. The van der Waals surface area contributed by atoms with E-state index in [-0.39, 0.29) is 6.61 Å². The number of hydrogen-bond donors (Lipinski definition) is 0. The van der Waals surface area contributed by atoms with Crippen LogP contribution in [0.5, 0.6) is 0 Å². The van der Waals surface area contributed by atoms with Gasteiger partial charge in [0.15, 0.2) is 0 Å². The Balaban J connectivity index is 3.21. The lowest BCUT2D eigenvalue weighted by molar-refractivity contribution is -0.148. The number of carbonyl (C=O) groups is 4. The molecular formula is C13H17NO6. The largest absolute Gasteiger partial charge is 0.466 e. The van der Waals surface area contributed by atoms with E-state index in [9.17, 15) is 19.2 Å². The zero-order valence-electron chi connectivity index (χ0n) is 11.8. The molecule has 0 aliphatic carbocycles. The van der Waals surface area contributed by atoms with Gasteiger partial charge >= 0.3 is 11.9 Å². The summed E-state index contributed by atoms with van der Waals surface area (Å²) in [6.07, 6.45) is 0.790. The maximum Gasteiger partial charge on any atom is 0.355 e. The van der Waals surface area contributed by atoms with Crippen LogP contribution in [0.4, 0.5) is 0 Å². The highest BCUT2D eigenvalue weighted by Gasteiger charge is 2.46. The summed E-state index contributed by atoms with van der Waals surface area (Å²) in [6.45, 7) is 4.81. The van der Waals surface area contributed by atoms with Crippen LogP contribution in [-0.4, -0.2) is 42.4 Å². The van der Waals surface area contributed by atoms with Crippen LogP contribution in [0.25, 0.3) is 0 Å². The number of rotatable bonds is 4. The molecular weight excluding hydrogens is 266 g/mol. The van der Waals surface area contributed by atoms with Crippen molar-refractivity contribution in [2.24, 2.45) is 11.8 Å². The van der Waals surface area contributed by atoms with E-state index < -0.39 is 41.3 Å². The van der Waals surface area contributed by atoms with Gasteiger partial charge < -0.3 is 9.47 Å². The van der Waals surface area contributed by atoms with Gasteiger partial charge in [-0.1, -0.05) is 13.8 Å². The number of esters is 2. The van der Waals surface area contributed by atoms with Crippen LogP contribution in [0, 0.1) is 11.8 Å². The first-order chi connectivity index (χ1) is 9.34. The first-order valence-electron chi connectivity index (χ1n) is 6.19. The summed E-state index contributed by atoms with van der Waals surface area (Å²) in [4.78, 5) is 47.9. The number of amides is 2. The van der Waals surface area contributed by atoms with Crippen LogP contribution < -0.4 is 0 Å². The molecule has 0 unspecified atom stereocenters. The molecule has 0 aromatic carbocycles. The molecule has 0 bridgehead atoms. The van der Waals surface area contributed by atoms with E-state index in [0.717, 1.165) is 13.2 Å². The van der Waals surface area contributed by atoms with E-state index >= 15 is 0 Å². The van der Waals surface area contributed by atoms with Crippen molar-refractivity contribution in [1.29, 1.82) is 0 Å². The van der Waals surface area contributed by atoms with Crippen LogP contribution in [0.15, 0.2) is 11.8 Å². The van der Waals surface area contributed by atoms with Gasteiger partial charge in [-0.2, -0.15) is 0 Å². The van der Waals surface area contributed by atoms with Gasteiger partial charge in [0, 0.05) is 11.8 Å². The molecule has 1 rings (SSSR count). The monoisotopic (exact) mass is 283 g/mol. The molecule has 0 N–H and O–H groups in total. The minimum absolute atomic E-state index is 0.0542. The highest BCUT2D eigenvalue weighted by atomic mass is 16.5. The van der Waals surface area contributed by atoms with Crippen molar-refractivity contribution in [3.05, 3.63) is 11.8 Å². The molecule has 2 atom stereocenters. The van der Waals surface area contributed by atoms with E-state index in [1.807, 2.05) is 0 Å². The van der Waals surface area contributed by atoms with Gasteiger partial charge in [-0.05, 0) is 6.92 Å². The fourth-order valence-corrected chi connectivity index (χ4v) is 1.77. The highest BCUT2D eigenvalue weighted by Crippen LogP contribution is 2.29. The molecule has 1 fully saturated rings. The van der Waals surface area contributed by atoms with Gasteiger partial charge in [-0.3, -0.25) is 9.59 Å². The van der Waals surface area contributed by atoms with Gasteiger partial charge in [0.1, 0.15) is 5.70 Å². The molecule has 7 nitrogen and oxygen atoms in total. The molecule has 1 aliphatic rings. The average molecular weight is 283 g/mol. The van der Waals surface area contributed by atoms with Crippen molar-refractivity contribution in [2.75, 3.05) is 13.7 Å². The first kappa shape index (κ1) is 15.9. The van der Waals surface area contributed by atoms with E-state index in [0.29, 0.717) is 4.90 Å². The maximum absolute atomic E-state index is 12.1. The molecule has 0 saturated carbocycles. The Labute approximate surface area is 116 Å². The molecule has 110 valence electrons. The topological polar surface area (TPSA) is 90.0 Å². The SMILES string of the molecule is CCOC(=O)/C(=C/C(=O)OC)N1C(=O)[C@@H](C)[C@@H](C)C1=O. The average Bonchev–Trinajstić information content (AvgIpc) is 2.61. The van der Waals surface area contributed by atoms with Gasteiger partial charge in [0.25, 0.3) is 0 Å². The number of hydrogen-bond acceptors (Lipinski definition) is 6. The van der Waals surface area contributed by atoms with Crippen LogP contribution in [0.1, 0.15) is 20.8 Å². The van der Waals surface area contributed by atoms with Crippen LogP contribution in [0.2, 0.25) is 0 Å². The second kappa shape index (κ2) is 6.31. The lowest BCUT2D eigenvalue weighted by atomic mass is 10.00. The fraction of sp³-hybridized carbons (Fsp3) is 0.538. The first-order valence-corrected chi connectivity index (χ1v) is 6.19. The molecule has 1 aliphatic heterocycles. The summed E-state index contributed by atoms with van der Waals surface area (Å²) in [6, 6.07) is 0. The molecule has 0 radical (unpaired) electrons. The van der Waals surface area contributed by atoms with Crippen molar-refractivity contribution in [3.8, 4) is 0 Å². The van der Waals surface area contributed by atoms with E-state index in [4.69, 9.17) is 4.74 Å². The predicted molar refractivity (Wildman–Crippen MR) is 66.9 cm³/mol. The van der Waals surface area contributed by atoms with Gasteiger partial charge in [0.2, 0.25) is 11.8 Å². The Morgan fingerprint density at radius 3 is 2.10 bits per heavy atom. The van der Waals surface area contributed by atoms with Crippen molar-refractivity contribution in [1.82, 2.24) is 4.90 Å². The minimum atomic E-state index is -0.916. The molecule has 0 aromatic rings. The zero-order valence-corrected chi connectivity index (χ0v) is 11.8. The Bertz CT molecular complexity index is 461. The summed E-state index contributed by atoms with van der Waals surface area (Å²) in [5.74, 6) is -3.95. The molecule has 7 heteroatoms. The molecule has 2 amide bonds. The number of nitrogens with zero attached hydrogens (tertiary/aromatic N) is 1. The third-order valence-corrected chi connectivity index (χ3v) is 3.15. The fourth-order valence-electron chi connectivity index (χ4n) is 1.77. The minimum Gasteiger partial charge on any atom is -0.466 e. The summed E-state index contributed by atoms with van der Waals surface area (Å²) in [7, 11) is 1.13. The summed E-state index contributed by atoms with van der Waals surface area (Å²) in [5.41, 5.74) is -0.412. The van der Waals surface area contributed by atoms with E-state index in [1.165, 1.54) is 0 Å². The number of likely N-dealkylation sites (tertiary alicyclic amines) is 1. The lowest BCUT2D eigenvalue weighted by Gasteiger charge is -2.16. The number of methoxy groups -OCH3 is 1. The number of imide groups is 1. The molecule has 0 spiro atoms. The summed E-state index contributed by atoms with van der Waals surface area (Å²) < 4.78 is 9.19. The lowest BCUT2D eigenvalue weighted by Crippen LogP contribution is -2.35. The molecule has 0 aromatic heterocycles. The van der Waals surface area contributed by atoms with Crippen molar-refractivity contribution < 1.29 is 28.7 Å². The Kier molecular flexibility index (Phi) is 5.01. The third-order valence-electron chi connectivity index (χ3n) is 3.15. The highest BCUT2D eigenvalue weighted by molar-refractivity contribution is 6.12.